The van der Waals surface area contributed by atoms with Crippen LogP contribution in [0.15, 0.2) is 48.5 Å². The number of rotatable bonds is 6. The van der Waals surface area contributed by atoms with E-state index in [2.05, 4.69) is 5.32 Å². The van der Waals surface area contributed by atoms with E-state index < -0.39 is 0 Å². The van der Waals surface area contributed by atoms with Crippen LogP contribution in [0.4, 0.5) is 0 Å². The van der Waals surface area contributed by atoms with Crippen molar-refractivity contribution in [1.29, 1.82) is 0 Å². The molecule has 0 aliphatic rings. The smallest absolute Gasteiger partial charge is 0.224 e. The highest BCUT2D eigenvalue weighted by atomic mass is 35.5. The molecule has 0 aromatic heterocycles. The van der Waals surface area contributed by atoms with Gasteiger partial charge in [-0.15, -0.1) is 12.4 Å². The van der Waals surface area contributed by atoms with Gasteiger partial charge in [-0.3, -0.25) is 4.79 Å². The van der Waals surface area contributed by atoms with Crippen molar-refractivity contribution in [2.24, 2.45) is 11.7 Å². The molecule has 124 valence electrons. The van der Waals surface area contributed by atoms with Gasteiger partial charge in [-0.1, -0.05) is 43.3 Å². The summed E-state index contributed by atoms with van der Waals surface area (Å²) in [4.78, 5) is 11.7. The second-order valence-electron chi connectivity index (χ2n) is 5.28. The average Bonchev–Trinajstić information content (AvgIpc) is 2.59. The Bertz CT molecular complexity index is 629. The number of ether oxygens (including phenoxy) is 1. The van der Waals surface area contributed by atoms with Crippen molar-refractivity contribution in [3.05, 3.63) is 54.1 Å². The van der Waals surface area contributed by atoms with E-state index in [4.69, 9.17) is 10.5 Å². The summed E-state index contributed by atoms with van der Waals surface area (Å²) in [6.45, 7) is 2.70. The van der Waals surface area contributed by atoms with Crippen LogP contribution in [0.5, 0.6) is 5.75 Å². The van der Waals surface area contributed by atoms with Gasteiger partial charge in [0.1, 0.15) is 5.75 Å². The first-order valence-electron chi connectivity index (χ1n) is 7.35. The first-order chi connectivity index (χ1) is 10.6. The van der Waals surface area contributed by atoms with Gasteiger partial charge in [-0.25, -0.2) is 0 Å². The zero-order valence-corrected chi connectivity index (χ0v) is 14.2. The van der Waals surface area contributed by atoms with Crippen LogP contribution in [-0.4, -0.2) is 19.6 Å². The minimum atomic E-state index is -0.156. The van der Waals surface area contributed by atoms with Crippen LogP contribution in [0.3, 0.4) is 0 Å². The minimum Gasteiger partial charge on any atom is -0.497 e. The number of nitrogens with one attached hydrogen (secondary N) is 1. The summed E-state index contributed by atoms with van der Waals surface area (Å²) >= 11 is 0. The van der Waals surface area contributed by atoms with Gasteiger partial charge >= 0.3 is 0 Å². The number of amides is 1. The van der Waals surface area contributed by atoms with E-state index in [1.54, 1.807) is 7.11 Å². The fraction of sp³-hybridized carbons (Fsp3) is 0.278. The third kappa shape index (κ3) is 5.27. The van der Waals surface area contributed by atoms with Crippen molar-refractivity contribution < 1.29 is 9.53 Å². The maximum atomic E-state index is 11.7. The van der Waals surface area contributed by atoms with Crippen LogP contribution in [0.25, 0.3) is 11.1 Å². The van der Waals surface area contributed by atoms with E-state index in [0.29, 0.717) is 13.1 Å². The van der Waals surface area contributed by atoms with Gasteiger partial charge in [0.2, 0.25) is 5.91 Å². The van der Waals surface area contributed by atoms with E-state index in [1.165, 1.54) is 0 Å². The molecule has 0 spiro atoms. The molecular formula is C18H23ClN2O2. The quantitative estimate of drug-likeness (QED) is 0.853. The highest BCUT2D eigenvalue weighted by molar-refractivity contribution is 5.85. The van der Waals surface area contributed by atoms with Crippen LogP contribution < -0.4 is 15.8 Å². The van der Waals surface area contributed by atoms with E-state index in [-0.39, 0.29) is 24.2 Å². The summed E-state index contributed by atoms with van der Waals surface area (Å²) in [5, 5.41) is 2.89. The molecule has 5 heteroatoms. The van der Waals surface area contributed by atoms with E-state index in [9.17, 15) is 4.79 Å². The molecule has 0 fully saturated rings. The fourth-order valence-corrected chi connectivity index (χ4v) is 2.09. The van der Waals surface area contributed by atoms with E-state index in [0.717, 1.165) is 22.4 Å². The molecule has 4 nitrogen and oxygen atoms in total. The van der Waals surface area contributed by atoms with Gasteiger partial charge in [0, 0.05) is 19.0 Å². The maximum Gasteiger partial charge on any atom is 0.224 e. The first kappa shape index (κ1) is 19.0. The molecule has 0 saturated carbocycles. The second kappa shape index (κ2) is 9.18. The standard InChI is InChI=1S/C18H22N2O2.ClH/c1-13(11-19)18(21)20-12-14-6-8-15(9-7-14)16-4-3-5-17(10-16)22-2;/h3-10,13H,11-12,19H2,1-2H3,(H,20,21);1H. The van der Waals surface area contributed by atoms with Crippen molar-refractivity contribution in [3.63, 3.8) is 0 Å². The number of hydrogen-bond donors (Lipinski definition) is 2. The molecule has 0 saturated heterocycles. The van der Waals surface area contributed by atoms with Gasteiger partial charge in [-0.2, -0.15) is 0 Å². The molecule has 2 aromatic carbocycles. The Morgan fingerprint density at radius 3 is 2.48 bits per heavy atom. The minimum absolute atomic E-state index is 0. The lowest BCUT2D eigenvalue weighted by Crippen LogP contribution is -2.32. The largest absolute Gasteiger partial charge is 0.497 e. The molecule has 2 aromatic rings. The van der Waals surface area contributed by atoms with E-state index in [1.807, 2.05) is 55.5 Å². The number of hydrogen-bond acceptors (Lipinski definition) is 3. The van der Waals surface area contributed by atoms with Gasteiger partial charge < -0.3 is 15.8 Å². The van der Waals surface area contributed by atoms with Crippen molar-refractivity contribution in [3.8, 4) is 16.9 Å². The number of carbonyl (C=O) groups is 1. The molecule has 0 radical (unpaired) electrons. The number of benzene rings is 2. The molecule has 1 amide bonds. The number of halogens is 1. The summed E-state index contributed by atoms with van der Waals surface area (Å²) in [6.07, 6.45) is 0. The molecule has 2 rings (SSSR count). The van der Waals surface area contributed by atoms with Crippen molar-refractivity contribution in [2.45, 2.75) is 13.5 Å². The third-order valence-electron chi connectivity index (χ3n) is 3.62. The Balaban J connectivity index is 0.00000264. The SMILES string of the molecule is COc1cccc(-c2ccc(CNC(=O)C(C)CN)cc2)c1.Cl. The van der Waals surface area contributed by atoms with Crippen LogP contribution in [-0.2, 0) is 11.3 Å². The monoisotopic (exact) mass is 334 g/mol. The van der Waals surface area contributed by atoms with Gasteiger partial charge in [0.05, 0.1) is 7.11 Å². The lowest BCUT2D eigenvalue weighted by Gasteiger charge is -2.10. The van der Waals surface area contributed by atoms with Crippen LogP contribution in [0.2, 0.25) is 0 Å². The third-order valence-corrected chi connectivity index (χ3v) is 3.62. The Kier molecular flexibility index (Phi) is 7.59. The van der Waals surface area contributed by atoms with Crippen LogP contribution in [0, 0.1) is 5.92 Å². The van der Waals surface area contributed by atoms with Gasteiger partial charge in [0.25, 0.3) is 0 Å². The molecule has 0 heterocycles. The number of carbonyl (C=O) groups excluding carboxylic acids is 1. The molecule has 3 N–H and O–H groups in total. The molecule has 1 unspecified atom stereocenters. The number of methoxy groups -OCH3 is 1. The first-order valence-corrected chi connectivity index (χ1v) is 7.35. The normalized spacial score (nSPS) is 11.3. The van der Waals surface area contributed by atoms with Gasteiger partial charge in [-0.05, 0) is 28.8 Å². The Morgan fingerprint density at radius 2 is 1.87 bits per heavy atom. The second-order valence-corrected chi connectivity index (χ2v) is 5.28. The lowest BCUT2D eigenvalue weighted by molar-refractivity contribution is -0.124. The Labute approximate surface area is 143 Å². The van der Waals surface area contributed by atoms with Crippen LogP contribution in [0.1, 0.15) is 12.5 Å². The molecule has 1 atom stereocenters. The molecular weight excluding hydrogens is 312 g/mol. The highest BCUT2D eigenvalue weighted by Crippen LogP contribution is 2.24. The predicted octanol–water partition coefficient (Wildman–Crippen LogP) is 3.00. The van der Waals surface area contributed by atoms with Crippen molar-refractivity contribution >= 4 is 18.3 Å². The van der Waals surface area contributed by atoms with Gasteiger partial charge in [0.15, 0.2) is 0 Å². The number of nitrogens with two attached hydrogens (primary N) is 1. The van der Waals surface area contributed by atoms with Crippen LogP contribution >= 0.6 is 12.4 Å². The molecule has 0 aliphatic carbocycles. The summed E-state index contributed by atoms with van der Waals surface area (Å²) in [7, 11) is 1.66. The molecule has 0 aliphatic heterocycles. The molecule has 23 heavy (non-hydrogen) atoms. The zero-order chi connectivity index (χ0) is 15.9. The summed E-state index contributed by atoms with van der Waals surface area (Å²) in [5.41, 5.74) is 8.76. The average molecular weight is 335 g/mol. The zero-order valence-electron chi connectivity index (χ0n) is 13.4. The maximum absolute atomic E-state index is 11.7. The van der Waals surface area contributed by atoms with Crippen molar-refractivity contribution in [2.75, 3.05) is 13.7 Å². The fourth-order valence-electron chi connectivity index (χ4n) is 2.09. The Hall–Kier alpha value is -2.04. The lowest BCUT2D eigenvalue weighted by atomic mass is 10.0. The predicted molar refractivity (Wildman–Crippen MR) is 95.7 cm³/mol. The Morgan fingerprint density at radius 1 is 1.17 bits per heavy atom. The summed E-state index contributed by atoms with van der Waals surface area (Å²) in [6, 6.07) is 16.1. The summed E-state index contributed by atoms with van der Waals surface area (Å²) in [5.74, 6) is 0.667. The summed E-state index contributed by atoms with van der Waals surface area (Å²) < 4.78 is 5.24. The van der Waals surface area contributed by atoms with Crippen molar-refractivity contribution in [1.82, 2.24) is 5.32 Å². The topological polar surface area (TPSA) is 64.3 Å². The highest BCUT2D eigenvalue weighted by Gasteiger charge is 2.09. The molecule has 0 bridgehead atoms. The van der Waals surface area contributed by atoms with E-state index >= 15 is 0 Å².